The van der Waals surface area contributed by atoms with Gasteiger partial charge >= 0.3 is 11.9 Å². The maximum Gasteiger partial charge on any atom is 0.330 e. The number of nitrogens with zero attached hydrogens (tertiary/aromatic N) is 1. The molecule has 3 saturated carbocycles. The van der Waals surface area contributed by atoms with Crippen molar-refractivity contribution in [1.29, 1.82) is 5.26 Å². The minimum Gasteiger partial charge on any atom is -0.461 e. The van der Waals surface area contributed by atoms with E-state index >= 15 is 0 Å². The number of nitriles is 1. The van der Waals surface area contributed by atoms with E-state index < -0.39 is 63.5 Å². The average Bonchev–Trinajstić information content (AvgIpc) is 3.10. The Balaban J connectivity index is 1.77. The van der Waals surface area contributed by atoms with Gasteiger partial charge in [0.15, 0.2) is 5.78 Å². The van der Waals surface area contributed by atoms with Gasteiger partial charge in [0.1, 0.15) is 35.4 Å². The van der Waals surface area contributed by atoms with Gasteiger partial charge in [-0.1, -0.05) is 38.0 Å². The molecule has 9 nitrogen and oxygen atoms in total. The summed E-state index contributed by atoms with van der Waals surface area (Å²) in [6, 6.07) is 1.80. The molecule has 0 aliphatic heterocycles. The van der Waals surface area contributed by atoms with Gasteiger partial charge < -0.3 is 24.8 Å². The molecule has 0 aromatic heterocycles. The minimum atomic E-state index is -2.00. The molecular weight excluding hydrogens is 514 g/mol. The molecule has 0 radical (unpaired) electrons. The van der Waals surface area contributed by atoms with Crippen molar-refractivity contribution < 1.29 is 39.2 Å². The summed E-state index contributed by atoms with van der Waals surface area (Å²) in [5.41, 5.74) is -6.10. The number of ketones is 1. The molecule has 0 unspecified atom stereocenters. The van der Waals surface area contributed by atoms with Crippen LogP contribution in [0, 0.1) is 34.0 Å². The van der Waals surface area contributed by atoms with Crippen molar-refractivity contribution in [2.45, 2.75) is 122 Å². The van der Waals surface area contributed by atoms with Crippen LogP contribution in [-0.2, 0) is 23.9 Å². The van der Waals surface area contributed by atoms with Crippen LogP contribution in [0.15, 0.2) is 23.3 Å². The first-order valence-electron chi connectivity index (χ1n) is 14.3. The van der Waals surface area contributed by atoms with E-state index in [-0.39, 0.29) is 38.0 Å². The second kappa shape index (κ2) is 10.1. The number of Topliss-reactive ketones (excluding diaryl/α,β-unsaturated/α-hetero) is 1. The summed E-state index contributed by atoms with van der Waals surface area (Å²) in [6.07, 6.45) is 3.13. The largest absolute Gasteiger partial charge is 0.461 e. The van der Waals surface area contributed by atoms with Crippen LogP contribution in [0.5, 0.6) is 0 Å². The predicted molar refractivity (Wildman–Crippen MR) is 144 cm³/mol. The van der Waals surface area contributed by atoms with Crippen LogP contribution in [0.2, 0.25) is 0 Å². The normalized spacial score (nSPS) is 42.6. The van der Waals surface area contributed by atoms with E-state index in [4.69, 9.17) is 14.7 Å². The van der Waals surface area contributed by atoms with E-state index in [2.05, 4.69) is 0 Å². The highest BCUT2D eigenvalue weighted by molar-refractivity contribution is 5.87. The van der Waals surface area contributed by atoms with Crippen molar-refractivity contribution >= 4 is 17.7 Å². The number of rotatable bonds is 6. The summed E-state index contributed by atoms with van der Waals surface area (Å²) in [7, 11) is 0. The molecule has 0 heterocycles. The third-order valence-electron chi connectivity index (χ3n) is 11.2. The van der Waals surface area contributed by atoms with Crippen molar-refractivity contribution in [3.05, 3.63) is 23.3 Å². The SMILES string of the molecule is CC(=O)[C@]1(O)CC[C@@]2(O)[C@]1(C)[C@H](OC(=O)/C=C(\C)C(C)C)C[C@@H]1[C@@]3(C)CC[C@H](OC(=O)CC#N)CC3=CC[C@]12O. The van der Waals surface area contributed by atoms with Gasteiger partial charge in [0.05, 0.1) is 11.5 Å². The quantitative estimate of drug-likeness (QED) is 0.253. The Kier molecular flexibility index (Phi) is 7.66. The molecule has 40 heavy (non-hydrogen) atoms. The van der Waals surface area contributed by atoms with Crippen LogP contribution < -0.4 is 0 Å². The molecule has 4 aliphatic carbocycles. The third kappa shape index (κ3) is 4.17. The van der Waals surface area contributed by atoms with Crippen LogP contribution >= 0.6 is 0 Å². The number of ether oxygens (including phenoxy) is 2. The van der Waals surface area contributed by atoms with Crippen molar-refractivity contribution in [3.63, 3.8) is 0 Å². The Morgan fingerprint density at radius 1 is 1.12 bits per heavy atom. The summed E-state index contributed by atoms with van der Waals surface area (Å²) < 4.78 is 11.6. The van der Waals surface area contributed by atoms with E-state index in [1.807, 2.05) is 33.8 Å². The van der Waals surface area contributed by atoms with Crippen molar-refractivity contribution in [2.24, 2.45) is 22.7 Å². The average molecular weight is 558 g/mol. The summed E-state index contributed by atoms with van der Waals surface area (Å²) in [5.74, 6) is -2.18. The van der Waals surface area contributed by atoms with Crippen LogP contribution in [0.1, 0.15) is 92.9 Å². The number of carbonyl (C=O) groups is 3. The molecule has 0 amide bonds. The Morgan fingerprint density at radius 2 is 1.80 bits per heavy atom. The van der Waals surface area contributed by atoms with E-state index in [9.17, 15) is 29.7 Å². The number of aliphatic hydroxyl groups is 3. The zero-order valence-corrected chi connectivity index (χ0v) is 24.5. The minimum absolute atomic E-state index is 0.0326. The molecule has 3 fully saturated rings. The van der Waals surface area contributed by atoms with Crippen LogP contribution in [0.4, 0.5) is 0 Å². The molecule has 0 aromatic carbocycles. The van der Waals surface area contributed by atoms with Crippen molar-refractivity contribution in [3.8, 4) is 6.07 Å². The standard InChI is InChI=1S/C31H43NO8/c1-18(2)19(3)15-26(35)40-24-17-23-27(5)10-8-22(39-25(34)9-14-32)16-21(27)7-11-30(23,37)31(38)13-12-29(36,20(4)33)28(24,31)6/h7,15,18,22-24,36-38H,8-13,16-17H2,1-6H3/b19-15+/t22-,23+,24+,27-,28+,29+,30-,31+/m0/s1. The number of fused-ring (bicyclic) bond motifs is 5. The second-order valence-electron chi connectivity index (χ2n) is 13.2. The molecule has 4 aliphatic rings. The molecule has 4 rings (SSSR count). The number of hydrogen-bond donors (Lipinski definition) is 3. The molecule has 220 valence electrons. The molecule has 3 N–H and O–H groups in total. The molecule has 8 atom stereocenters. The van der Waals surface area contributed by atoms with Gasteiger partial charge in [-0.2, -0.15) is 5.26 Å². The first-order valence-corrected chi connectivity index (χ1v) is 14.3. The lowest BCUT2D eigenvalue weighted by Crippen LogP contribution is -2.78. The van der Waals surface area contributed by atoms with E-state index in [0.29, 0.717) is 19.3 Å². The lowest BCUT2D eigenvalue weighted by molar-refractivity contribution is -0.314. The zero-order valence-electron chi connectivity index (χ0n) is 24.5. The van der Waals surface area contributed by atoms with E-state index in [0.717, 1.165) is 11.1 Å². The smallest absolute Gasteiger partial charge is 0.330 e. The van der Waals surface area contributed by atoms with Crippen molar-refractivity contribution in [2.75, 3.05) is 0 Å². The van der Waals surface area contributed by atoms with E-state index in [1.54, 1.807) is 13.0 Å². The van der Waals surface area contributed by atoms with Gasteiger partial charge in [-0.05, 0) is 70.6 Å². The highest BCUT2D eigenvalue weighted by atomic mass is 16.6. The van der Waals surface area contributed by atoms with Gasteiger partial charge in [0, 0.05) is 18.4 Å². The molecule has 0 bridgehead atoms. The first kappa shape index (κ1) is 30.4. The molecule has 0 saturated heterocycles. The topological polar surface area (TPSA) is 154 Å². The fraction of sp³-hybridized carbons (Fsp3) is 0.742. The fourth-order valence-electron chi connectivity index (χ4n) is 8.28. The van der Waals surface area contributed by atoms with Crippen LogP contribution in [0.25, 0.3) is 0 Å². The molecule has 0 aromatic rings. The number of hydrogen-bond acceptors (Lipinski definition) is 9. The lowest BCUT2D eigenvalue weighted by atomic mass is 9.42. The number of carbonyl (C=O) groups excluding carboxylic acids is 3. The molecule has 0 spiro atoms. The number of esters is 2. The monoisotopic (exact) mass is 557 g/mol. The summed E-state index contributed by atoms with van der Waals surface area (Å²) in [6.45, 7) is 10.6. The third-order valence-corrected chi connectivity index (χ3v) is 11.2. The van der Waals surface area contributed by atoms with Crippen LogP contribution in [-0.4, -0.2) is 62.1 Å². The molecular formula is C31H43NO8. The van der Waals surface area contributed by atoms with Gasteiger partial charge in [-0.15, -0.1) is 0 Å². The Labute approximate surface area is 236 Å². The van der Waals surface area contributed by atoms with Crippen LogP contribution in [0.3, 0.4) is 0 Å². The second-order valence-corrected chi connectivity index (χ2v) is 13.2. The Hall–Kier alpha value is -2.54. The van der Waals surface area contributed by atoms with E-state index in [1.165, 1.54) is 13.0 Å². The van der Waals surface area contributed by atoms with Gasteiger partial charge in [0.25, 0.3) is 0 Å². The fourth-order valence-corrected chi connectivity index (χ4v) is 8.28. The maximum atomic E-state index is 13.2. The number of allylic oxidation sites excluding steroid dienone is 1. The van der Waals surface area contributed by atoms with Gasteiger partial charge in [-0.25, -0.2) is 4.79 Å². The highest BCUT2D eigenvalue weighted by Crippen LogP contribution is 2.71. The van der Waals surface area contributed by atoms with Crippen molar-refractivity contribution in [1.82, 2.24) is 0 Å². The van der Waals surface area contributed by atoms with Gasteiger partial charge in [-0.3, -0.25) is 9.59 Å². The predicted octanol–water partition coefficient (Wildman–Crippen LogP) is 3.45. The summed E-state index contributed by atoms with van der Waals surface area (Å²) in [4.78, 5) is 38.0. The Bertz CT molecular complexity index is 1200. The summed E-state index contributed by atoms with van der Waals surface area (Å²) >= 11 is 0. The lowest BCUT2D eigenvalue weighted by Gasteiger charge is -2.67. The zero-order chi connectivity index (χ0) is 29.9. The summed E-state index contributed by atoms with van der Waals surface area (Å²) in [5, 5.41) is 45.6. The van der Waals surface area contributed by atoms with Gasteiger partial charge in [0.2, 0.25) is 0 Å². The highest BCUT2D eigenvalue weighted by Gasteiger charge is 2.81. The first-order chi connectivity index (χ1) is 18.5. The Morgan fingerprint density at radius 3 is 2.40 bits per heavy atom. The molecule has 9 heteroatoms. The maximum absolute atomic E-state index is 13.2.